The Hall–Kier alpha value is -2.60. The SMILES string of the molecule is Cc1ccc(OCC(=O)Nc2ccc(N3CCOCC3)nc2)cc1. The first kappa shape index (κ1) is 16.3. The molecule has 6 nitrogen and oxygen atoms in total. The highest BCUT2D eigenvalue weighted by Crippen LogP contribution is 2.16. The Morgan fingerprint density at radius 3 is 2.62 bits per heavy atom. The molecular weight excluding hydrogens is 306 g/mol. The third-order valence-electron chi connectivity index (χ3n) is 3.76. The van der Waals surface area contributed by atoms with E-state index in [0.29, 0.717) is 11.4 Å². The van der Waals surface area contributed by atoms with Crippen molar-refractivity contribution in [1.82, 2.24) is 4.98 Å². The van der Waals surface area contributed by atoms with Crippen molar-refractivity contribution >= 4 is 17.4 Å². The number of anilines is 2. The Balaban J connectivity index is 1.49. The number of amides is 1. The summed E-state index contributed by atoms with van der Waals surface area (Å²) in [6.07, 6.45) is 1.66. The maximum absolute atomic E-state index is 11.9. The van der Waals surface area contributed by atoms with Crippen molar-refractivity contribution in [3.05, 3.63) is 48.2 Å². The van der Waals surface area contributed by atoms with E-state index >= 15 is 0 Å². The zero-order chi connectivity index (χ0) is 16.8. The number of benzene rings is 1. The summed E-state index contributed by atoms with van der Waals surface area (Å²) in [6, 6.07) is 11.3. The van der Waals surface area contributed by atoms with E-state index in [1.54, 1.807) is 6.20 Å². The third kappa shape index (κ3) is 4.45. The van der Waals surface area contributed by atoms with E-state index in [4.69, 9.17) is 9.47 Å². The number of rotatable bonds is 5. The minimum Gasteiger partial charge on any atom is -0.484 e. The number of hydrogen-bond donors (Lipinski definition) is 1. The predicted octanol–water partition coefficient (Wildman–Crippen LogP) is 2.24. The molecule has 0 atom stereocenters. The maximum atomic E-state index is 11.9. The van der Waals surface area contributed by atoms with Crippen molar-refractivity contribution in [2.45, 2.75) is 6.92 Å². The van der Waals surface area contributed by atoms with Crippen LogP contribution in [0.25, 0.3) is 0 Å². The summed E-state index contributed by atoms with van der Waals surface area (Å²) in [4.78, 5) is 18.5. The van der Waals surface area contributed by atoms with Gasteiger partial charge in [0, 0.05) is 13.1 Å². The summed E-state index contributed by atoms with van der Waals surface area (Å²) >= 11 is 0. The van der Waals surface area contributed by atoms with Crippen LogP contribution in [-0.2, 0) is 9.53 Å². The number of hydrogen-bond acceptors (Lipinski definition) is 5. The van der Waals surface area contributed by atoms with Gasteiger partial charge >= 0.3 is 0 Å². The summed E-state index contributed by atoms with van der Waals surface area (Å²) < 4.78 is 10.8. The van der Waals surface area contributed by atoms with E-state index in [1.165, 1.54) is 0 Å². The number of morpholine rings is 1. The van der Waals surface area contributed by atoms with Crippen molar-refractivity contribution in [3.8, 4) is 5.75 Å². The molecule has 1 amide bonds. The first-order valence-corrected chi connectivity index (χ1v) is 7.99. The molecule has 0 saturated carbocycles. The Kier molecular flexibility index (Phi) is 5.28. The number of aryl methyl sites for hydroxylation is 1. The predicted molar refractivity (Wildman–Crippen MR) is 92.6 cm³/mol. The normalized spacial score (nSPS) is 14.3. The minimum absolute atomic E-state index is 0.0335. The van der Waals surface area contributed by atoms with Crippen LogP contribution in [0, 0.1) is 6.92 Å². The number of ether oxygens (including phenoxy) is 2. The summed E-state index contributed by atoms with van der Waals surface area (Å²) in [5.41, 5.74) is 1.81. The Bertz CT molecular complexity index is 665. The number of carbonyl (C=O) groups is 1. The summed E-state index contributed by atoms with van der Waals surface area (Å²) in [6.45, 7) is 5.08. The average molecular weight is 327 g/mol. The lowest BCUT2D eigenvalue weighted by Gasteiger charge is -2.27. The van der Waals surface area contributed by atoms with Crippen LogP contribution in [0.15, 0.2) is 42.6 Å². The number of nitrogens with one attached hydrogen (secondary N) is 1. The van der Waals surface area contributed by atoms with E-state index in [2.05, 4.69) is 15.2 Å². The molecule has 1 fully saturated rings. The number of pyridine rings is 1. The van der Waals surface area contributed by atoms with Gasteiger partial charge in [0.05, 0.1) is 25.1 Å². The largest absolute Gasteiger partial charge is 0.484 e. The fourth-order valence-electron chi connectivity index (χ4n) is 2.42. The molecule has 24 heavy (non-hydrogen) atoms. The fourth-order valence-corrected chi connectivity index (χ4v) is 2.42. The molecule has 1 saturated heterocycles. The standard InChI is InChI=1S/C18H21N3O3/c1-14-2-5-16(6-3-14)24-13-18(22)20-15-4-7-17(19-12-15)21-8-10-23-11-9-21/h2-7,12H,8-11,13H2,1H3,(H,20,22). The van der Waals surface area contributed by atoms with Gasteiger partial charge in [0.1, 0.15) is 11.6 Å². The van der Waals surface area contributed by atoms with Gasteiger partial charge in [0.25, 0.3) is 5.91 Å². The molecule has 0 radical (unpaired) electrons. The van der Waals surface area contributed by atoms with Gasteiger partial charge in [-0.3, -0.25) is 4.79 Å². The van der Waals surface area contributed by atoms with E-state index in [0.717, 1.165) is 37.7 Å². The zero-order valence-electron chi connectivity index (χ0n) is 13.7. The number of carbonyl (C=O) groups excluding carboxylic acids is 1. The molecule has 3 rings (SSSR count). The summed E-state index contributed by atoms with van der Waals surface area (Å²) in [5.74, 6) is 1.36. The zero-order valence-corrected chi connectivity index (χ0v) is 13.7. The molecule has 0 unspecified atom stereocenters. The van der Waals surface area contributed by atoms with Gasteiger partial charge in [0.15, 0.2) is 6.61 Å². The van der Waals surface area contributed by atoms with Crippen molar-refractivity contribution in [3.63, 3.8) is 0 Å². The summed E-state index contributed by atoms with van der Waals surface area (Å²) in [7, 11) is 0. The monoisotopic (exact) mass is 327 g/mol. The molecule has 0 aliphatic carbocycles. The summed E-state index contributed by atoms with van der Waals surface area (Å²) in [5, 5.41) is 2.78. The van der Waals surface area contributed by atoms with Crippen LogP contribution < -0.4 is 15.0 Å². The van der Waals surface area contributed by atoms with Crippen LogP contribution >= 0.6 is 0 Å². The highest BCUT2D eigenvalue weighted by Gasteiger charge is 2.12. The van der Waals surface area contributed by atoms with Gasteiger partial charge in [-0.2, -0.15) is 0 Å². The Morgan fingerprint density at radius 2 is 1.96 bits per heavy atom. The van der Waals surface area contributed by atoms with Crippen molar-refractivity contribution < 1.29 is 14.3 Å². The maximum Gasteiger partial charge on any atom is 0.262 e. The van der Waals surface area contributed by atoms with Crippen LogP contribution in [-0.4, -0.2) is 43.8 Å². The lowest BCUT2D eigenvalue weighted by molar-refractivity contribution is -0.118. The smallest absolute Gasteiger partial charge is 0.262 e. The molecule has 0 bridgehead atoms. The third-order valence-corrected chi connectivity index (χ3v) is 3.76. The molecule has 2 aromatic rings. The molecule has 1 N–H and O–H groups in total. The molecular formula is C18H21N3O3. The second kappa shape index (κ2) is 7.79. The Morgan fingerprint density at radius 1 is 1.21 bits per heavy atom. The van der Waals surface area contributed by atoms with Gasteiger partial charge < -0.3 is 19.7 Å². The van der Waals surface area contributed by atoms with Crippen LogP contribution in [0.5, 0.6) is 5.75 Å². The minimum atomic E-state index is -0.212. The van der Waals surface area contributed by atoms with Gasteiger partial charge in [-0.1, -0.05) is 17.7 Å². The van der Waals surface area contributed by atoms with Gasteiger partial charge in [-0.25, -0.2) is 4.98 Å². The molecule has 1 aliphatic rings. The van der Waals surface area contributed by atoms with Crippen LogP contribution in [0.4, 0.5) is 11.5 Å². The van der Waals surface area contributed by atoms with Crippen molar-refractivity contribution in [1.29, 1.82) is 0 Å². The average Bonchev–Trinajstić information content (AvgIpc) is 2.63. The van der Waals surface area contributed by atoms with Crippen molar-refractivity contribution in [2.24, 2.45) is 0 Å². The molecule has 1 aromatic carbocycles. The lowest BCUT2D eigenvalue weighted by atomic mass is 10.2. The van der Waals surface area contributed by atoms with Crippen molar-refractivity contribution in [2.75, 3.05) is 43.1 Å². The van der Waals surface area contributed by atoms with Crippen LogP contribution in [0.1, 0.15) is 5.56 Å². The fraction of sp³-hybridized carbons (Fsp3) is 0.333. The number of nitrogens with zero attached hydrogens (tertiary/aromatic N) is 2. The Labute approximate surface area is 141 Å². The molecule has 1 aromatic heterocycles. The first-order chi connectivity index (χ1) is 11.7. The second-order valence-corrected chi connectivity index (χ2v) is 5.65. The van der Waals surface area contributed by atoms with E-state index in [-0.39, 0.29) is 12.5 Å². The van der Waals surface area contributed by atoms with Crippen LogP contribution in [0.3, 0.4) is 0 Å². The quantitative estimate of drug-likeness (QED) is 0.912. The van der Waals surface area contributed by atoms with E-state index in [9.17, 15) is 4.79 Å². The molecule has 126 valence electrons. The van der Waals surface area contributed by atoms with Gasteiger partial charge in [0.2, 0.25) is 0 Å². The molecule has 2 heterocycles. The second-order valence-electron chi connectivity index (χ2n) is 5.65. The van der Waals surface area contributed by atoms with Crippen LogP contribution in [0.2, 0.25) is 0 Å². The highest BCUT2D eigenvalue weighted by atomic mass is 16.5. The molecule has 6 heteroatoms. The lowest BCUT2D eigenvalue weighted by Crippen LogP contribution is -2.36. The molecule has 0 spiro atoms. The molecule has 1 aliphatic heterocycles. The topological polar surface area (TPSA) is 63.7 Å². The van der Waals surface area contributed by atoms with Gasteiger partial charge in [-0.05, 0) is 31.2 Å². The first-order valence-electron chi connectivity index (χ1n) is 7.99. The number of aromatic nitrogens is 1. The highest BCUT2D eigenvalue weighted by molar-refractivity contribution is 5.91. The van der Waals surface area contributed by atoms with Gasteiger partial charge in [-0.15, -0.1) is 0 Å². The van der Waals surface area contributed by atoms with E-state index in [1.807, 2.05) is 43.3 Å². The van der Waals surface area contributed by atoms with E-state index < -0.39 is 0 Å².